The van der Waals surface area contributed by atoms with E-state index in [9.17, 15) is 5.21 Å². The van der Waals surface area contributed by atoms with Crippen LogP contribution in [0.25, 0.3) is 0 Å². The second kappa shape index (κ2) is 2.71. The molecule has 1 unspecified atom stereocenters. The minimum atomic E-state index is -0.106. The van der Waals surface area contributed by atoms with Gasteiger partial charge in [0.15, 0.2) is 0 Å². The molecule has 11 heavy (non-hydrogen) atoms. The van der Waals surface area contributed by atoms with Gasteiger partial charge < -0.3 is 19.3 Å². The topological polar surface area (TPSA) is 44.8 Å². The first kappa shape index (κ1) is 7.49. The molecule has 0 saturated carbocycles. The maximum Gasteiger partial charge on any atom is 0.130 e. The highest BCUT2D eigenvalue weighted by Crippen LogP contribution is 2.17. The summed E-state index contributed by atoms with van der Waals surface area (Å²) in [7, 11) is 0. The van der Waals surface area contributed by atoms with Gasteiger partial charge in [-0.2, -0.15) is 0 Å². The van der Waals surface area contributed by atoms with Gasteiger partial charge in [0, 0.05) is 0 Å². The van der Waals surface area contributed by atoms with Crippen molar-refractivity contribution in [2.75, 3.05) is 39.5 Å². The molecule has 64 valence electrons. The van der Waals surface area contributed by atoms with Crippen LogP contribution in [0.3, 0.4) is 0 Å². The maximum atomic E-state index is 11.8. The zero-order chi connectivity index (χ0) is 7.73. The molecular weight excluding hydrogens is 146 g/mol. The van der Waals surface area contributed by atoms with E-state index in [1.54, 1.807) is 0 Å². The van der Waals surface area contributed by atoms with Crippen LogP contribution in [0, 0.1) is 5.21 Å². The molecule has 2 rings (SSSR count). The molecule has 2 fully saturated rings. The molecule has 0 aromatic carbocycles. The number of morpholine rings is 1. The van der Waals surface area contributed by atoms with E-state index in [2.05, 4.69) is 0 Å². The Morgan fingerprint density at radius 2 is 2.00 bits per heavy atom. The van der Waals surface area contributed by atoms with E-state index in [0.29, 0.717) is 32.8 Å². The van der Waals surface area contributed by atoms with Gasteiger partial charge in [-0.1, -0.05) is 0 Å². The van der Waals surface area contributed by atoms with Gasteiger partial charge in [0.25, 0.3) is 0 Å². The molecule has 0 radical (unpaired) electrons. The minimum absolute atomic E-state index is 0.106. The van der Waals surface area contributed by atoms with Crippen LogP contribution in [0.15, 0.2) is 0 Å². The fraction of sp³-hybridized carbons (Fsp3) is 1.00. The molecule has 0 aromatic rings. The van der Waals surface area contributed by atoms with Crippen molar-refractivity contribution in [1.82, 2.24) is 0 Å². The number of nitrogens with zero attached hydrogens (tertiary/aromatic N) is 1. The van der Waals surface area contributed by atoms with Gasteiger partial charge in [-0.3, -0.25) is 0 Å². The highest BCUT2D eigenvalue weighted by molar-refractivity contribution is 4.69. The first-order chi connectivity index (χ1) is 5.29. The van der Waals surface area contributed by atoms with E-state index in [4.69, 9.17) is 9.47 Å². The zero-order valence-corrected chi connectivity index (χ0v) is 6.49. The number of quaternary nitrogens is 1. The monoisotopic (exact) mass is 159 g/mol. The summed E-state index contributed by atoms with van der Waals surface area (Å²) in [5, 5.41) is 11.8. The summed E-state index contributed by atoms with van der Waals surface area (Å²) in [6.07, 6.45) is 0.241. The maximum absolute atomic E-state index is 11.8. The number of hydrogen-bond acceptors (Lipinski definition) is 3. The molecular formula is C7H13NO3. The third-order valence-electron chi connectivity index (χ3n) is 2.23. The molecule has 0 aromatic heterocycles. The van der Waals surface area contributed by atoms with Crippen LogP contribution in [0.2, 0.25) is 0 Å². The van der Waals surface area contributed by atoms with Crippen molar-refractivity contribution in [3.8, 4) is 0 Å². The van der Waals surface area contributed by atoms with Crippen LogP contribution in [0.5, 0.6) is 0 Å². The standard InChI is InChI=1S/C7H13NO3/c9-8(5-7-6-11-7)1-3-10-4-2-8/h7H,1-6H2. The highest BCUT2D eigenvalue weighted by atomic mass is 16.6. The molecule has 0 amide bonds. The highest BCUT2D eigenvalue weighted by Gasteiger charge is 2.32. The Morgan fingerprint density at radius 1 is 1.36 bits per heavy atom. The molecule has 4 heteroatoms. The van der Waals surface area contributed by atoms with Gasteiger partial charge in [-0.15, -0.1) is 0 Å². The minimum Gasteiger partial charge on any atom is -0.633 e. The molecule has 4 nitrogen and oxygen atoms in total. The Morgan fingerprint density at radius 3 is 2.55 bits per heavy atom. The molecule has 2 saturated heterocycles. The molecule has 0 N–H and O–H groups in total. The Kier molecular flexibility index (Phi) is 1.85. The predicted molar refractivity (Wildman–Crippen MR) is 38.8 cm³/mol. The Labute approximate surface area is 65.9 Å². The number of rotatable bonds is 2. The van der Waals surface area contributed by atoms with Crippen molar-refractivity contribution in [1.29, 1.82) is 0 Å². The quantitative estimate of drug-likeness (QED) is 0.316. The van der Waals surface area contributed by atoms with Crippen molar-refractivity contribution < 1.29 is 14.1 Å². The average Bonchev–Trinajstić information content (AvgIpc) is 2.72. The lowest BCUT2D eigenvalue weighted by molar-refractivity contribution is -0.889. The van der Waals surface area contributed by atoms with E-state index in [-0.39, 0.29) is 10.8 Å². The van der Waals surface area contributed by atoms with Crippen molar-refractivity contribution in [3.63, 3.8) is 0 Å². The summed E-state index contributed by atoms with van der Waals surface area (Å²) < 4.78 is 10.0. The molecule has 2 aliphatic heterocycles. The van der Waals surface area contributed by atoms with Gasteiger partial charge in [0.1, 0.15) is 25.7 Å². The van der Waals surface area contributed by atoms with Crippen LogP contribution in [-0.4, -0.2) is 50.2 Å². The van der Waals surface area contributed by atoms with Crippen molar-refractivity contribution in [3.05, 3.63) is 5.21 Å². The van der Waals surface area contributed by atoms with Crippen molar-refractivity contribution in [2.24, 2.45) is 0 Å². The summed E-state index contributed by atoms with van der Waals surface area (Å²) in [6.45, 7) is 3.82. The zero-order valence-electron chi connectivity index (χ0n) is 6.49. The van der Waals surface area contributed by atoms with Gasteiger partial charge in [0.05, 0.1) is 19.8 Å². The summed E-state index contributed by atoms with van der Waals surface area (Å²) in [6, 6.07) is 0. The number of epoxide rings is 1. The fourth-order valence-electron chi connectivity index (χ4n) is 1.40. The van der Waals surface area contributed by atoms with E-state index >= 15 is 0 Å². The summed E-state index contributed by atoms with van der Waals surface area (Å²) in [4.78, 5) is 0. The normalized spacial score (nSPS) is 35.2. The van der Waals surface area contributed by atoms with Gasteiger partial charge in [-0.25, -0.2) is 0 Å². The van der Waals surface area contributed by atoms with Crippen LogP contribution in [-0.2, 0) is 9.47 Å². The van der Waals surface area contributed by atoms with E-state index < -0.39 is 0 Å². The van der Waals surface area contributed by atoms with Crippen molar-refractivity contribution >= 4 is 0 Å². The van der Waals surface area contributed by atoms with Crippen LogP contribution in [0.1, 0.15) is 0 Å². The fourth-order valence-corrected chi connectivity index (χ4v) is 1.40. The van der Waals surface area contributed by atoms with E-state index in [1.165, 1.54) is 0 Å². The molecule has 2 aliphatic rings. The first-order valence-corrected chi connectivity index (χ1v) is 4.05. The van der Waals surface area contributed by atoms with Gasteiger partial charge >= 0.3 is 0 Å². The molecule has 0 spiro atoms. The van der Waals surface area contributed by atoms with E-state index in [0.717, 1.165) is 6.61 Å². The first-order valence-electron chi connectivity index (χ1n) is 4.05. The van der Waals surface area contributed by atoms with Gasteiger partial charge in [0.2, 0.25) is 0 Å². The lowest BCUT2D eigenvalue weighted by Crippen LogP contribution is -2.52. The Bertz CT molecular complexity index is 141. The largest absolute Gasteiger partial charge is 0.633 e. The van der Waals surface area contributed by atoms with Crippen LogP contribution in [0.4, 0.5) is 0 Å². The van der Waals surface area contributed by atoms with Crippen molar-refractivity contribution in [2.45, 2.75) is 6.10 Å². The smallest absolute Gasteiger partial charge is 0.130 e. The van der Waals surface area contributed by atoms with E-state index in [1.807, 2.05) is 0 Å². The average molecular weight is 159 g/mol. The number of hydrogen-bond donors (Lipinski definition) is 0. The summed E-state index contributed by atoms with van der Waals surface area (Å²) >= 11 is 0. The summed E-state index contributed by atoms with van der Waals surface area (Å²) in [5.74, 6) is 0. The van der Waals surface area contributed by atoms with Crippen LogP contribution < -0.4 is 0 Å². The predicted octanol–water partition coefficient (Wildman–Crippen LogP) is -0.270. The molecule has 1 atom stereocenters. The number of ether oxygens (including phenoxy) is 2. The number of hydroxylamine groups is 3. The Balaban J connectivity index is 1.84. The van der Waals surface area contributed by atoms with Gasteiger partial charge in [-0.05, 0) is 0 Å². The summed E-state index contributed by atoms with van der Waals surface area (Å²) in [5.41, 5.74) is 0. The lowest BCUT2D eigenvalue weighted by Gasteiger charge is -2.44. The second-order valence-corrected chi connectivity index (χ2v) is 3.26. The third-order valence-corrected chi connectivity index (χ3v) is 2.23. The molecule has 2 heterocycles. The SMILES string of the molecule is [O-][N+]1(CC2CO2)CCOCC1. The third kappa shape index (κ3) is 1.90. The Hall–Kier alpha value is -0.160. The molecule has 0 aliphatic carbocycles. The second-order valence-electron chi connectivity index (χ2n) is 3.26. The van der Waals surface area contributed by atoms with Crippen LogP contribution >= 0.6 is 0 Å². The lowest BCUT2D eigenvalue weighted by atomic mass is 10.3. The molecule has 0 bridgehead atoms.